The fourth-order valence-electron chi connectivity index (χ4n) is 1.91. The molecule has 0 aliphatic heterocycles. The fraction of sp³-hybridized carbons (Fsp3) is 0.818. The summed E-state index contributed by atoms with van der Waals surface area (Å²) in [5.74, 6) is 0.402. The van der Waals surface area contributed by atoms with E-state index in [2.05, 4.69) is 12.2 Å². The molecule has 0 saturated heterocycles. The second kappa shape index (κ2) is 5.45. The monoisotopic (exact) mass is 228 g/mol. The van der Waals surface area contributed by atoms with Crippen molar-refractivity contribution >= 4 is 23.1 Å². The standard InChI is InChI=1S/C11H20N2OS/c1-3-5-7-6-9(7)13-11(14)8(4-2)10(12)15/h7-9H,3-6H2,1-2H3,(H2,12,15)(H,13,14). The van der Waals surface area contributed by atoms with Gasteiger partial charge in [0.2, 0.25) is 5.91 Å². The van der Waals surface area contributed by atoms with Gasteiger partial charge in [-0.25, -0.2) is 0 Å². The molecule has 86 valence electrons. The van der Waals surface area contributed by atoms with Crippen LogP contribution in [0.15, 0.2) is 0 Å². The number of rotatable bonds is 6. The van der Waals surface area contributed by atoms with Crippen molar-refractivity contribution in [1.82, 2.24) is 5.32 Å². The van der Waals surface area contributed by atoms with E-state index in [4.69, 9.17) is 18.0 Å². The number of amides is 1. The Labute approximate surface area is 96.8 Å². The predicted octanol–water partition coefficient (Wildman–Crippen LogP) is 1.60. The molecule has 1 rings (SSSR count). The highest BCUT2D eigenvalue weighted by Crippen LogP contribution is 2.34. The topological polar surface area (TPSA) is 55.1 Å². The van der Waals surface area contributed by atoms with Crippen LogP contribution in [-0.4, -0.2) is 16.9 Å². The number of thiocarbonyl (C=S) groups is 1. The lowest BCUT2D eigenvalue weighted by Gasteiger charge is -2.13. The summed E-state index contributed by atoms with van der Waals surface area (Å²) in [6.07, 6.45) is 4.19. The van der Waals surface area contributed by atoms with Crippen LogP contribution < -0.4 is 11.1 Å². The zero-order valence-electron chi connectivity index (χ0n) is 9.45. The molecule has 3 nitrogen and oxygen atoms in total. The average molecular weight is 228 g/mol. The molecule has 3 atom stereocenters. The van der Waals surface area contributed by atoms with Crippen molar-refractivity contribution in [2.24, 2.45) is 17.6 Å². The summed E-state index contributed by atoms with van der Waals surface area (Å²) in [6, 6.07) is 0.376. The highest BCUT2D eigenvalue weighted by molar-refractivity contribution is 7.80. The van der Waals surface area contributed by atoms with Gasteiger partial charge in [-0.15, -0.1) is 0 Å². The molecule has 0 bridgehead atoms. The van der Waals surface area contributed by atoms with Crippen molar-refractivity contribution in [3.05, 3.63) is 0 Å². The van der Waals surface area contributed by atoms with Gasteiger partial charge < -0.3 is 11.1 Å². The molecule has 1 fully saturated rings. The van der Waals surface area contributed by atoms with Crippen LogP contribution in [0.3, 0.4) is 0 Å². The van der Waals surface area contributed by atoms with Crippen molar-refractivity contribution < 1.29 is 4.79 Å². The number of hydrogen-bond acceptors (Lipinski definition) is 2. The Morgan fingerprint density at radius 1 is 1.60 bits per heavy atom. The van der Waals surface area contributed by atoms with Crippen LogP contribution in [0.5, 0.6) is 0 Å². The van der Waals surface area contributed by atoms with E-state index >= 15 is 0 Å². The van der Waals surface area contributed by atoms with Crippen LogP contribution in [0.25, 0.3) is 0 Å². The Kier molecular flexibility index (Phi) is 4.51. The second-order valence-corrected chi connectivity index (χ2v) is 4.73. The molecule has 1 aliphatic rings. The average Bonchev–Trinajstić information content (AvgIpc) is 2.84. The number of carbonyl (C=O) groups is 1. The normalized spacial score (nSPS) is 25.7. The molecule has 0 heterocycles. The molecule has 1 aliphatic carbocycles. The van der Waals surface area contributed by atoms with Crippen LogP contribution >= 0.6 is 12.2 Å². The van der Waals surface area contributed by atoms with E-state index in [1.165, 1.54) is 12.8 Å². The summed E-state index contributed by atoms with van der Waals surface area (Å²) < 4.78 is 0. The van der Waals surface area contributed by atoms with E-state index in [0.29, 0.717) is 23.4 Å². The van der Waals surface area contributed by atoms with Gasteiger partial charge in [0.05, 0.1) is 10.9 Å². The lowest BCUT2D eigenvalue weighted by Crippen LogP contribution is -2.39. The largest absolute Gasteiger partial charge is 0.393 e. The summed E-state index contributed by atoms with van der Waals surface area (Å²) >= 11 is 4.86. The van der Waals surface area contributed by atoms with Crippen molar-refractivity contribution in [2.75, 3.05) is 0 Å². The molecule has 1 amide bonds. The second-order valence-electron chi connectivity index (χ2n) is 4.26. The van der Waals surface area contributed by atoms with Crippen molar-refractivity contribution in [1.29, 1.82) is 0 Å². The molecule has 0 aromatic carbocycles. The minimum absolute atomic E-state index is 0.00797. The molecule has 0 aromatic heterocycles. The molecule has 0 radical (unpaired) electrons. The van der Waals surface area contributed by atoms with Crippen LogP contribution in [0.4, 0.5) is 0 Å². The third-order valence-corrected chi connectivity index (χ3v) is 3.26. The van der Waals surface area contributed by atoms with E-state index in [1.54, 1.807) is 0 Å². The Morgan fingerprint density at radius 2 is 2.27 bits per heavy atom. The molecule has 15 heavy (non-hydrogen) atoms. The third-order valence-electron chi connectivity index (χ3n) is 2.98. The minimum Gasteiger partial charge on any atom is -0.393 e. The maximum atomic E-state index is 11.7. The first kappa shape index (κ1) is 12.4. The smallest absolute Gasteiger partial charge is 0.230 e. The molecule has 4 heteroatoms. The lowest BCUT2D eigenvalue weighted by atomic mass is 10.1. The van der Waals surface area contributed by atoms with Crippen molar-refractivity contribution in [2.45, 2.75) is 45.6 Å². The van der Waals surface area contributed by atoms with Crippen LogP contribution in [0.2, 0.25) is 0 Å². The Bertz CT molecular complexity index is 255. The van der Waals surface area contributed by atoms with Crippen LogP contribution in [0.1, 0.15) is 39.5 Å². The number of hydrogen-bond donors (Lipinski definition) is 2. The van der Waals surface area contributed by atoms with Crippen LogP contribution in [0, 0.1) is 11.8 Å². The molecule has 0 spiro atoms. The summed E-state index contributed by atoms with van der Waals surface area (Å²) in [4.78, 5) is 12.0. The van der Waals surface area contributed by atoms with Crippen molar-refractivity contribution in [3.63, 3.8) is 0 Å². The van der Waals surface area contributed by atoms with Gasteiger partial charge in [-0.05, 0) is 25.2 Å². The number of nitrogens with one attached hydrogen (secondary N) is 1. The van der Waals surface area contributed by atoms with Gasteiger partial charge in [-0.2, -0.15) is 0 Å². The quantitative estimate of drug-likeness (QED) is 0.679. The maximum absolute atomic E-state index is 11.7. The van der Waals surface area contributed by atoms with E-state index in [1.807, 2.05) is 6.92 Å². The Balaban J connectivity index is 2.33. The van der Waals surface area contributed by atoms with E-state index in [-0.39, 0.29) is 11.8 Å². The van der Waals surface area contributed by atoms with Crippen molar-refractivity contribution in [3.8, 4) is 0 Å². The van der Waals surface area contributed by atoms with Gasteiger partial charge >= 0.3 is 0 Å². The first-order valence-electron chi connectivity index (χ1n) is 5.69. The molecular weight excluding hydrogens is 208 g/mol. The Morgan fingerprint density at radius 3 is 2.73 bits per heavy atom. The summed E-state index contributed by atoms with van der Waals surface area (Å²) in [5.41, 5.74) is 5.51. The third kappa shape index (κ3) is 3.45. The first-order valence-corrected chi connectivity index (χ1v) is 6.10. The molecular formula is C11H20N2OS. The molecule has 0 aromatic rings. The molecule has 1 saturated carbocycles. The summed E-state index contributed by atoms with van der Waals surface area (Å²) in [6.45, 7) is 4.10. The number of carbonyl (C=O) groups excluding carboxylic acids is 1. The first-order chi connectivity index (χ1) is 7.10. The van der Waals surface area contributed by atoms with Crippen LogP contribution in [-0.2, 0) is 4.79 Å². The summed E-state index contributed by atoms with van der Waals surface area (Å²) in [5, 5.41) is 3.01. The van der Waals surface area contributed by atoms with E-state index in [9.17, 15) is 4.79 Å². The minimum atomic E-state index is -0.289. The van der Waals surface area contributed by atoms with Gasteiger partial charge in [0.15, 0.2) is 0 Å². The van der Waals surface area contributed by atoms with Gasteiger partial charge in [0, 0.05) is 6.04 Å². The Hall–Kier alpha value is -0.640. The van der Waals surface area contributed by atoms with Gasteiger partial charge in [-0.1, -0.05) is 32.5 Å². The van der Waals surface area contributed by atoms with E-state index < -0.39 is 0 Å². The molecule has 3 unspecified atom stereocenters. The number of nitrogens with two attached hydrogens (primary N) is 1. The highest BCUT2D eigenvalue weighted by atomic mass is 32.1. The maximum Gasteiger partial charge on any atom is 0.230 e. The zero-order valence-corrected chi connectivity index (χ0v) is 10.3. The van der Waals surface area contributed by atoms with Gasteiger partial charge in [0.25, 0.3) is 0 Å². The van der Waals surface area contributed by atoms with E-state index in [0.717, 1.165) is 6.42 Å². The molecule has 3 N–H and O–H groups in total. The fourth-order valence-corrected chi connectivity index (χ4v) is 2.19. The highest BCUT2D eigenvalue weighted by Gasteiger charge is 2.38. The zero-order chi connectivity index (χ0) is 11.4. The predicted molar refractivity (Wildman–Crippen MR) is 65.5 cm³/mol. The van der Waals surface area contributed by atoms with Gasteiger partial charge in [0.1, 0.15) is 0 Å². The lowest BCUT2D eigenvalue weighted by molar-refractivity contribution is -0.123. The SMILES string of the molecule is CCCC1CC1NC(=O)C(CC)C(N)=S. The summed E-state index contributed by atoms with van der Waals surface area (Å²) in [7, 11) is 0. The van der Waals surface area contributed by atoms with Gasteiger partial charge in [-0.3, -0.25) is 4.79 Å².